The molecule has 2 aliphatic rings. The number of nitrogen functional groups attached to an aromatic ring is 1. The third-order valence-electron chi connectivity index (χ3n) is 4.55. The van der Waals surface area contributed by atoms with Crippen LogP contribution < -0.4 is 5.73 Å². The predicted molar refractivity (Wildman–Crippen MR) is 65.3 cm³/mol. The van der Waals surface area contributed by atoms with Crippen LogP contribution in [0.5, 0.6) is 0 Å². The average molecular weight is 219 g/mol. The molecule has 0 radical (unpaired) electrons. The second-order valence-electron chi connectivity index (χ2n) is 5.87. The molecule has 3 rings (SSSR count). The molecule has 0 aliphatic heterocycles. The highest BCUT2D eigenvalue weighted by atomic mass is 15.2. The van der Waals surface area contributed by atoms with Gasteiger partial charge in [-0.25, -0.2) is 0 Å². The lowest BCUT2D eigenvalue weighted by Crippen LogP contribution is -2.11. The molecule has 0 amide bonds. The molecular weight excluding hydrogens is 198 g/mol. The van der Waals surface area contributed by atoms with Crippen LogP contribution in [-0.2, 0) is 0 Å². The average Bonchev–Trinajstić information content (AvgIpc) is 2.89. The van der Waals surface area contributed by atoms with Crippen LogP contribution in [0.4, 0.5) is 5.82 Å². The predicted octanol–water partition coefficient (Wildman–Crippen LogP) is 3.02. The number of anilines is 1. The number of nitrogens with one attached hydrogen (secondary N) is 1. The Morgan fingerprint density at radius 3 is 2.69 bits per heavy atom. The highest BCUT2D eigenvalue weighted by Crippen LogP contribution is 2.53. The van der Waals surface area contributed by atoms with Crippen molar-refractivity contribution in [1.82, 2.24) is 10.2 Å². The summed E-state index contributed by atoms with van der Waals surface area (Å²) in [6.07, 6.45) is 5.64. The minimum atomic E-state index is 0.480. The van der Waals surface area contributed by atoms with Gasteiger partial charge in [-0.15, -0.1) is 0 Å². The standard InChI is InChI=1S/C13H21N3/c1-7(2)11-12(15-16-13(11)14)10-6-8-3-4-9(10)5-8/h7-10H,3-6H2,1-2H3,(H3,14,15,16). The van der Waals surface area contributed by atoms with Crippen LogP contribution in [0.1, 0.15) is 62.6 Å². The summed E-state index contributed by atoms with van der Waals surface area (Å²) in [5.74, 6) is 3.77. The highest BCUT2D eigenvalue weighted by molar-refractivity contribution is 5.46. The van der Waals surface area contributed by atoms with Gasteiger partial charge in [-0.2, -0.15) is 5.10 Å². The number of nitrogens with two attached hydrogens (primary N) is 1. The summed E-state index contributed by atoms with van der Waals surface area (Å²) in [6, 6.07) is 0. The van der Waals surface area contributed by atoms with E-state index in [4.69, 9.17) is 5.73 Å². The van der Waals surface area contributed by atoms with Gasteiger partial charge in [0.1, 0.15) is 5.82 Å². The van der Waals surface area contributed by atoms with Crippen LogP contribution in [0.3, 0.4) is 0 Å². The van der Waals surface area contributed by atoms with E-state index in [0.717, 1.165) is 11.8 Å². The lowest BCUT2D eigenvalue weighted by atomic mass is 9.83. The van der Waals surface area contributed by atoms with E-state index in [1.807, 2.05) is 0 Å². The molecule has 1 heterocycles. The fourth-order valence-corrected chi connectivity index (χ4v) is 3.87. The molecule has 1 aromatic heterocycles. The van der Waals surface area contributed by atoms with Gasteiger partial charge in [-0.1, -0.05) is 20.3 Å². The lowest BCUT2D eigenvalue weighted by Gasteiger charge is -2.22. The van der Waals surface area contributed by atoms with Gasteiger partial charge >= 0.3 is 0 Å². The number of rotatable bonds is 2. The first-order chi connectivity index (χ1) is 7.66. The number of nitrogens with zero attached hydrogens (tertiary/aromatic N) is 1. The molecule has 3 heteroatoms. The van der Waals surface area contributed by atoms with Crippen molar-refractivity contribution in [1.29, 1.82) is 0 Å². The molecule has 88 valence electrons. The van der Waals surface area contributed by atoms with Crippen LogP contribution in [0.15, 0.2) is 0 Å². The summed E-state index contributed by atoms with van der Waals surface area (Å²) in [5, 5.41) is 7.43. The molecule has 3 atom stereocenters. The van der Waals surface area contributed by atoms with E-state index in [1.54, 1.807) is 0 Å². The first kappa shape index (κ1) is 10.2. The molecule has 2 fully saturated rings. The van der Waals surface area contributed by atoms with E-state index < -0.39 is 0 Å². The smallest absolute Gasteiger partial charge is 0.148 e. The molecule has 0 spiro atoms. The van der Waals surface area contributed by atoms with Crippen molar-refractivity contribution in [2.75, 3.05) is 5.73 Å². The van der Waals surface area contributed by atoms with E-state index in [1.165, 1.54) is 36.9 Å². The zero-order chi connectivity index (χ0) is 11.3. The van der Waals surface area contributed by atoms with E-state index in [2.05, 4.69) is 24.0 Å². The van der Waals surface area contributed by atoms with Crippen LogP contribution in [0.2, 0.25) is 0 Å². The molecule has 0 saturated heterocycles. The quantitative estimate of drug-likeness (QED) is 0.803. The van der Waals surface area contributed by atoms with Crippen molar-refractivity contribution in [2.45, 2.75) is 51.4 Å². The summed E-state index contributed by atoms with van der Waals surface area (Å²) in [7, 11) is 0. The fourth-order valence-electron chi connectivity index (χ4n) is 3.87. The SMILES string of the molecule is CC(C)c1c(N)n[nH]c1C1CC2CCC1C2. The van der Waals surface area contributed by atoms with Crippen molar-refractivity contribution in [3.05, 3.63) is 11.3 Å². The van der Waals surface area contributed by atoms with E-state index in [9.17, 15) is 0 Å². The first-order valence-electron chi connectivity index (χ1n) is 6.50. The van der Waals surface area contributed by atoms with Crippen molar-refractivity contribution >= 4 is 5.82 Å². The Labute approximate surface area is 96.8 Å². The summed E-state index contributed by atoms with van der Waals surface area (Å²) in [6.45, 7) is 4.41. The molecule has 0 aromatic carbocycles. The van der Waals surface area contributed by atoms with E-state index in [-0.39, 0.29) is 0 Å². The van der Waals surface area contributed by atoms with Gasteiger partial charge in [-0.3, -0.25) is 5.10 Å². The maximum Gasteiger partial charge on any atom is 0.148 e. The van der Waals surface area contributed by atoms with Gasteiger partial charge in [0.2, 0.25) is 0 Å². The molecule has 2 bridgehead atoms. The van der Waals surface area contributed by atoms with Crippen molar-refractivity contribution in [2.24, 2.45) is 11.8 Å². The van der Waals surface area contributed by atoms with Crippen molar-refractivity contribution in [3.8, 4) is 0 Å². The van der Waals surface area contributed by atoms with Crippen LogP contribution in [0.25, 0.3) is 0 Å². The second-order valence-corrected chi connectivity index (χ2v) is 5.87. The van der Waals surface area contributed by atoms with Gasteiger partial charge < -0.3 is 5.73 Å². The maximum absolute atomic E-state index is 5.97. The number of hydrogen-bond donors (Lipinski definition) is 2. The molecule has 3 unspecified atom stereocenters. The van der Waals surface area contributed by atoms with Crippen LogP contribution >= 0.6 is 0 Å². The number of fused-ring (bicyclic) bond motifs is 2. The van der Waals surface area contributed by atoms with E-state index in [0.29, 0.717) is 17.7 Å². The molecule has 2 aliphatic carbocycles. The zero-order valence-electron chi connectivity index (χ0n) is 10.2. The maximum atomic E-state index is 5.97. The third kappa shape index (κ3) is 1.37. The molecule has 3 N–H and O–H groups in total. The number of aromatic nitrogens is 2. The topological polar surface area (TPSA) is 54.7 Å². The van der Waals surface area contributed by atoms with Gasteiger partial charge in [0, 0.05) is 17.2 Å². The summed E-state index contributed by atoms with van der Waals surface area (Å²) < 4.78 is 0. The van der Waals surface area contributed by atoms with Gasteiger partial charge in [0.05, 0.1) is 0 Å². The minimum absolute atomic E-state index is 0.480. The Balaban J connectivity index is 1.95. The Kier molecular flexibility index (Phi) is 2.23. The zero-order valence-corrected chi connectivity index (χ0v) is 10.2. The van der Waals surface area contributed by atoms with Crippen LogP contribution in [0, 0.1) is 11.8 Å². The Morgan fingerprint density at radius 1 is 1.31 bits per heavy atom. The van der Waals surface area contributed by atoms with Crippen molar-refractivity contribution in [3.63, 3.8) is 0 Å². The molecule has 3 nitrogen and oxygen atoms in total. The number of hydrogen-bond acceptors (Lipinski definition) is 2. The first-order valence-corrected chi connectivity index (χ1v) is 6.50. The summed E-state index contributed by atoms with van der Waals surface area (Å²) >= 11 is 0. The number of aromatic amines is 1. The number of H-pyrrole nitrogens is 1. The Morgan fingerprint density at radius 2 is 2.12 bits per heavy atom. The second kappa shape index (κ2) is 3.51. The summed E-state index contributed by atoms with van der Waals surface area (Å²) in [4.78, 5) is 0. The molecular formula is C13H21N3. The largest absolute Gasteiger partial charge is 0.382 e. The third-order valence-corrected chi connectivity index (χ3v) is 4.55. The Bertz CT molecular complexity index is 394. The monoisotopic (exact) mass is 219 g/mol. The normalized spacial score (nSPS) is 32.8. The fraction of sp³-hybridized carbons (Fsp3) is 0.769. The van der Waals surface area contributed by atoms with Gasteiger partial charge in [0.15, 0.2) is 0 Å². The highest BCUT2D eigenvalue weighted by Gasteiger charge is 2.42. The Hall–Kier alpha value is -0.990. The van der Waals surface area contributed by atoms with Crippen molar-refractivity contribution < 1.29 is 0 Å². The van der Waals surface area contributed by atoms with Gasteiger partial charge in [0.25, 0.3) is 0 Å². The van der Waals surface area contributed by atoms with Crippen LogP contribution in [-0.4, -0.2) is 10.2 Å². The van der Waals surface area contributed by atoms with Gasteiger partial charge in [-0.05, 0) is 37.0 Å². The van der Waals surface area contributed by atoms with E-state index >= 15 is 0 Å². The summed E-state index contributed by atoms with van der Waals surface area (Å²) in [5.41, 5.74) is 8.59. The molecule has 2 saturated carbocycles. The lowest BCUT2D eigenvalue weighted by molar-refractivity contribution is 0.410. The minimum Gasteiger partial charge on any atom is -0.382 e. The molecule has 1 aromatic rings. The molecule has 16 heavy (non-hydrogen) atoms.